The highest BCUT2D eigenvalue weighted by Gasteiger charge is 2.30. The summed E-state index contributed by atoms with van der Waals surface area (Å²) in [6, 6.07) is 11.1. The Morgan fingerprint density at radius 2 is 1.78 bits per heavy atom. The maximum atomic E-state index is 12.5. The smallest absolute Gasteiger partial charge is 0.231 e. The topological polar surface area (TPSA) is 59.8 Å². The van der Waals surface area contributed by atoms with Crippen LogP contribution >= 0.6 is 0 Å². The van der Waals surface area contributed by atoms with Crippen molar-refractivity contribution in [1.82, 2.24) is 14.8 Å². The van der Waals surface area contributed by atoms with Crippen LogP contribution < -0.4 is 5.32 Å². The maximum absolute atomic E-state index is 12.5. The van der Waals surface area contributed by atoms with Gasteiger partial charge in [0.25, 0.3) is 0 Å². The van der Waals surface area contributed by atoms with Gasteiger partial charge in [0.1, 0.15) is 6.33 Å². The molecule has 0 atom stereocenters. The van der Waals surface area contributed by atoms with E-state index >= 15 is 0 Å². The standard InChI is InChI=1S/C18H22N4O/c23-17(20-18-21-19-12-22(18)16-10-11-16)15-8-6-14(7-9-15)13-4-2-1-3-5-13/h1-5,12,14-16H,6-11H2,(H,20,21,23). The summed E-state index contributed by atoms with van der Waals surface area (Å²) in [5.74, 6) is 1.41. The monoisotopic (exact) mass is 310 g/mol. The van der Waals surface area contributed by atoms with Crippen LogP contribution in [0, 0.1) is 5.92 Å². The Labute approximate surface area is 136 Å². The molecule has 2 aliphatic carbocycles. The van der Waals surface area contributed by atoms with Gasteiger partial charge < -0.3 is 0 Å². The minimum Gasteiger partial charge on any atom is -0.297 e. The zero-order chi connectivity index (χ0) is 15.6. The Bertz CT molecular complexity index is 669. The van der Waals surface area contributed by atoms with Gasteiger partial charge in [-0.05, 0) is 50.0 Å². The van der Waals surface area contributed by atoms with Crippen molar-refractivity contribution in [1.29, 1.82) is 0 Å². The molecule has 2 fully saturated rings. The average molecular weight is 310 g/mol. The molecule has 0 bridgehead atoms. The maximum Gasteiger partial charge on any atom is 0.231 e. The number of anilines is 1. The molecule has 120 valence electrons. The first-order valence-electron chi connectivity index (χ1n) is 8.56. The van der Waals surface area contributed by atoms with E-state index in [9.17, 15) is 4.79 Å². The summed E-state index contributed by atoms with van der Waals surface area (Å²) in [5, 5.41) is 11.0. The van der Waals surface area contributed by atoms with Crippen LogP contribution in [0.3, 0.4) is 0 Å². The van der Waals surface area contributed by atoms with E-state index in [0.717, 1.165) is 38.5 Å². The summed E-state index contributed by atoms with van der Waals surface area (Å²) in [6.07, 6.45) is 8.09. The van der Waals surface area contributed by atoms with Crippen LogP contribution in [0.4, 0.5) is 5.95 Å². The highest BCUT2D eigenvalue weighted by atomic mass is 16.2. The van der Waals surface area contributed by atoms with Gasteiger partial charge in [-0.25, -0.2) is 0 Å². The molecule has 0 aliphatic heterocycles. The van der Waals surface area contributed by atoms with Gasteiger partial charge in [0.2, 0.25) is 11.9 Å². The number of nitrogens with one attached hydrogen (secondary N) is 1. The van der Waals surface area contributed by atoms with Crippen molar-refractivity contribution >= 4 is 11.9 Å². The molecule has 1 heterocycles. The first kappa shape index (κ1) is 14.4. The van der Waals surface area contributed by atoms with E-state index in [4.69, 9.17) is 0 Å². The first-order valence-corrected chi connectivity index (χ1v) is 8.56. The summed E-state index contributed by atoms with van der Waals surface area (Å²) < 4.78 is 1.99. The van der Waals surface area contributed by atoms with E-state index in [1.807, 2.05) is 4.57 Å². The Kier molecular flexibility index (Phi) is 3.85. The predicted molar refractivity (Wildman–Crippen MR) is 88.1 cm³/mol. The molecule has 1 amide bonds. The first-order chi connectivity index (χ1) is 11.3. The van der Waals surface area contributed by atoms with Crippen LogP contribution in [0.2, 0.25) is 0 Å². The van der Waals surface area contributed by atoms with Crippen LogP contribution in [0.1, 0.15) is 56.0 Å². The second-order valence-electron chi connectivity index (χ2n) is 6.74. The molecule has 1 N–H and O–H groups in total. The normalized spacial score (nSPS) is 24.3. The molecular formula is C18H22N4O. The number of benzene rings is 1. The van der Waals surface area contributed by atoms with Gasteiger partial charge in [-0.2, -0.15) is 0 Å². The van der Waals surface area contributed by atoms with Gasteiger partial charge in [-0.1, -0.05) is 30.3 Å². The van der Waals surface area contributed by atoms with E-state index in [2.05, 4.69) is 45.8 Å². The largest absolute Gasteiger partial charge is 0.297 e. The molecule has 5 heteroatoms. The predicted octanol–water partition coefficient (Wildman–Crippen LogP) is 3.53. The number of hydrogen-bond acceptors (Lipinski definition) is 3. The molecule has 2 aromatic rings. The molecule has 0 unspecified atom stereocenters. The highest BCUT2D eigenvalue weighted by molar-refractivity contribution is 5.91. The average Bonchev–Trinajstić information content (AvgIpc) is 3.35. The molecule has 4 rings (SSSR count). The minimum atomic E-state index is 0.0966. The number of hydrogen-bond donors (Lipinski definition) is 1. The molecule has 23 heavy (non-hydrogen) atoms. The van der Waals surface area contributed by atoms with Gasteiger partial charge in [0.05, 0.1) is 0 Å². The quantitative estimate of drug-likeness (QED) is 0.940. The fourth-order valence-corrected chi connectivity index (χ4v) is 3.58. The fraction of sp³-hybridized carbons (Fsp3) is 0.500. The van der Waals surface area contributed by atoms with E-state index in [-0.39, 0.29) is 11.8 Å². The Morgan fingerprint density at radius 3 is 2.48 bits per heavy atom. The number of carbonyl (C=O) groups is 1. The Hall–Kier alpha value is -2.17. The van der Waals surface area contributed by atoms with E-state index in [1.54, 1.807) is 6.33 Å². The fourth-order valence-electron chi connectivity index (χ4n) is 3.58. The van der Waals surface area contributed by atoms with Crippen LogP contribution in [0.5, 0.6) is 0 Å². The summed E-state index contributed by atoms with van der Waals surface area (Å²) in [4.78, 5) is 12.5. The minimum absolute atomic E-state index is 0.0966. The third-order valence-corrected chi connectivity index (χ3v) is 5.12. The zero-order valence-corrected chi connectivity index (χ0v) is 13.2. The highest BCUT2D eigenvalue weighted by Crippen LogP contribution is 2.38. The van der Waals surface area contributed by atoms with Crippen molar-refractivity contribution in [3.05, 3.63) is 42.2 Å². The van der Waals surface area contributed by atoms with Crippen molar-refractivity contribution in [2.45, 2.75) is 50.5 Å². The summed E-state index contributed by atoms with van der Waals surface area (Å²) in [6.45, 7) is 0. The zero-order valence-electron chi connectivity index (χ0n) is 13.2. The van der Waals surface area contributed by atoms with Crippen LogP contribution in [-0.4, -0.2) is 20.7 Å². The summed E-state index contributed by atoms with van der Waals surface area (Å²) >= 11 is 0. The second-order valence-corrected chi connectivity index (χ2v) is 6.74. The number of amides is 1. The molecular weight excluding hydrogens is 288 g/mol. The lowest BCUT2D eigenvalue weighted by atomic mass is 9.78. The molecule has 0 radical (unpaired) electrons. The molecule has 1 aromatic carbocycles. The number of rotatable bonds is 4. The summed E-state index contributed by atoms with van der Waals surface area (Å²) in [7, 11) is 0. The van der Waals surface area contributed by atoms with Crippen molar-refractivity contribution in [3.63, 3.8) is 0 Å². The lowest BCUT2D eigenvalue weighted by Crippen LogP contribution is -2.28. The van der Waals surface area contributed by atoms with Crippen molar-refractivity contribution < 1.29 is 4.79 Å². The van der Waals surface area contributed by atoms with Gasteiger partial charge in [-0.3, -0.25) is 14.7 Å². The van der Waals surface area contributed by atoms with Gasteiger partial charge in [0, 0.05) is 12.0 Å². The van der Waals surface area contributed by atoms with Crippen LogP contribution in [0.15, 0.2) is 36.7 Å². The Balaban J connectivity index is 1.35. The van der Waals surface area contributed by atoms with Gasteiger partial charge in [0.15, 0.2) is 0 Å². The molecule has 5 nitrogen and oxygen atoms in total. The molecule has 0 saturated heterocycles. The van der Waals surface area contributed by atoms with E-state index < -0.39 is 0 Å². The van der Waals surface area contributed by atoms with Gasteiger partial charge in [-0.15, -0.1) is 10.2 Å². The van der Waals surface area contributed by atoms with E-state index in [1.165, 1.54) is 5.56 Å². The van der Waals surface area contributed by atoms with Crippen LogP contribution in [0.25, 0.3) is 0 Å². The molecule has 0 spiro atoms. The van der Waals surface area contributed by atoms with E-state index in [0.29, 0.717) is 17.9 Å². The third kappa shape index (κ3) is 3.14. The molecule has 2 saturated carbocycles. The SMILES string of the molecule is O=C(Nc1nncn1C1CC1)C1CCC(c2ccccc2)CC1. The number of nitrogens with zero attached hydrogens (tertiary/aromatic N) is 3. The second kappa shape index (κ2) is 6.14. The molecule has 2 aliphatic rings. The lowest BCUT2D eigenvalue weighted by Gasteiger charge is -2.28. The van der Waals surface area contributed by atoms with Crippen molar-refractivity contribution in [2.24, 2.45) is 5.92 Å². The lowest BCUT2D eigenvalue weighted by molar-refractivity contribution is -0.120. The number of carbonyl (C=O) groups excluding carboxylic acids is 1. The number of aromatic nitrogens is 3. The molecule has 1 aromatic heterocycles. The van der Waals surface area contributed by atoms with Crippen molar-refractivity contribution in [2.75, 3.05) is 5.32 Å². The van der Waals surface area contributed by atoms with Crippen molar-refractivity contribution in [3.8, 4) is 0 Å². The van der Waals surface area contributed by atoms with Gasteiger partial charge >= 0.3 is 0 Å². The van der Waals surface area contributed by atoms with Crippen LogP contribution in [-0.2, 0) is 4.79 Å². The third-order valence-electron chi connectivity index (χ3n) is 5.12. The summed E-state index contributed by atoms with van der Waals surface area (Å²) in [5.41, 5.74) is 1.40. The Morgan fingerprint density at radius 1 is 1.04 bits per heavy atom.